The van der Waals surface area contributed by atoms with Crippen molar-refractivity contribution in [3.63, 3.8) is 0 Å². The van der Waals surface area contributed by atoms with Crippen LogP contribution in [0.3, 0.4) is 0 Å². The molecule has 0 fully saturated rings. The van der Waals surface area contributed by atoms with Crippen LogP contribution < -0.4 is 0 Å². The van der Waals surface area contributed by atoms with Gasteiger partial charge in [0.2, 0.25) is 0 Å². The van der Waals surface area contributed by atoms with Crippen LogP contribution >= 0.6 is 0 Å². The van der Waals surface area contributed by atoms with E-state index in [1.165, 1.54) is 0 Å². The fourth-order valence-electron chi connectivity index (χ4n) is 1.92. The molecule has 5 heteroatoms. The molecule has 0 aliphatic rings. The van der Waals surface area contributed by atoms with Gasteiger partial charge in [0.1, 0.15) is 0 Å². The topological polar surface area (TPSA) is 65.2 Å². The minimum absolute atomic E-state index is 0.743. The minimum atomic E-state index is -2.29. The molecule has 0 amide bonds. The summed E-state index contributed by atoms with van der Waals surface area (Å²) in [4.78, 5) is 0. The van der Waals surface area contributed by atoms with Crippen molar-refractivity contribution in [2.45, 2.75) is 58.9 Å². The standard InChI is InChI=1S/C13H26N2O2Si/c1-5-8-10-12(14-16)18(4,7-3)13(15-17)11-9-6-2/h7,16-17H,3,5-6,8-11H2,1-2,4H3. The van der Waals surface area contributed by atoms with Gasteiger partial charge in [-0.2, -0.15) is 0 Å². The predicted octanol–water partition coefficient (Wildman–Crippen LogP) is 3.91. The van der Waals surface area contributed by atoms with Gasteiger partial charge in [0.25, 0.3) is 0 Å². The molecular weight excluding hydrogens is 244 g/mol. The van der Waals surface area contributed by atoms with Gasteiger partial charge in [0.15, 0.2) is 8.07 Å². The van der Waals surface area contributed by atoms with Crippen molar-refractivity contribution in [2.24, 2.45) is 10.3 Å². The average molecular weight is 270 g/mol. The van der Waals surface area contributed by atoms with Crippen molar-refractivity contribution in [2.75, 3.05) is 0 Å². The van der Waals surface area contributed by atoms with Crippen LogP contribution in [-0.2, 0) is 0 Å². The van der Waals surface area contributed by atoms with E-state index in [9.17, 15) is 10.4 Å². The molecule has 0 rings (SSSR count). The van der Waals surface area contributed by atoms with Crippen molar-refractivity contribution in [3.05, 3.63) is 12.3 Å². The van der Waals surface area contributed by atoms with Crippen LogP contribution in [0.2, 0.25) is 6.55 Å². The van der Waals surface area contributed by atoms with E-state index in [1.807, 2.05) is 12.2 Å². The molecule has 0 aromatic rings. The number of hydrogen-bond donors (Lipinski definition) is 2. The van der Waals surface area contributed by atoms with Crippen molar-refractivity contribution >= 4 is 18.7 Å². The van der Waals surface area contributed by atoms with Gasteiger partial charge in [-0.15, -0.1) is 16.9 Å². The average Bonchev–Trinajstić information content (AvgIpc) is 2.40. The highest BCUT2D eigenvalue weighted by Crippen LogP contribution is 2.18. The Morgan fingerprint density at radius 1 is 1.06 bits per heavy atom. The minimum Gasteiger partial charge on any atom is -0.411 e. The Hall–Kier alpha value is -1.10. The second-order valence-electron chi connectivity index (χ2n) is 4.71. The second-order valence-corrected chi connectivity index (χ2v) is 8.67. The Morgan fingerprint density at radius 2 is 1.44 bits per heavy atom. The molecule has 0 spiro atoms. The van der Waals surface area contributed by atoms with Gasteiger partial charge in [-0.1, -0.05) is 38.9 Å². The summed E-state index contributed by atoms with van der Waals surface area (Å²) in [6.45, 7) is 10.1. The summed E-state index contributed by atoms with van der Waals surface area (Å²) in [5, 5.41) is 26.9. The van der Waals surface area contributed by atoms with Gasteiger partial charge in [0.05, 0.1) is 10.7 Å². The van der Waals surface area contributed by atoms with E-state index in [0.717, 1.165) is 49.2 Å². The number of rotatable bonds is 9. The lowest BCUT2D eigenvalue weighted by molar-refractivity contribution is 0.317. The van der Waals surface area contributed by atoms with Crippen LogP contribution in [0.4, 0.5) is 0 Å². The maximum Gasteiger partial charge on any atom is 0.181 e. The first kappa shape index (κ1) is 16.9. The number of hydrogen-bond acceptors (Lipinski definition) is 4. The molecule has 4 nitrogen and oxygen atoms in total. The first-order valence-corrected chi connectivity index (χ1v) is 9.24. The molecule has 2 N–H and O–H groups in total. The molecule has 0 aliphatic carbocycles. The SMILES string of the molecule is C=C[Si](C)(C(CCCC)=NO)C(CCCC)=NO. The summed E-state index contributed by atoms with van der Waals surface area (Å²) in [5.74, 6) is 0. The maximum absolute atomic E-state index is 9.23. The third-order valence-electron chi connectivity index (χ3n) is 3.38. The zero-order valence-corrected chi connectivity index (χ0v) is 12.8. The maximum atomic E-state index is 9.23. The monoisotopic (exact) mass is 270 g/mol. The molecule has 0 saturated heterocycles. The van der Waals surface area contributed by atoms with Crippen LogP contribution in [0, 0.1) is 0 Å². The Kier molecular flexibility index (Phi) is 8.37. The molecule has 104 valence electrons. The summed E-state index contributed by atoms with van der Waals surface area (Å²) in [5.41, 5.74) is 1.84. The quantitative estimate of drug-likeness (QED) is 0.289. The number of unbranched alkanes of at least 4 members (excludes halogenated alkanes) is 2. The fourth-order valence-corrected chi connectivity index (χ4v) is 4.53. The van der Waals surface area contributed by atoms with E-state index < -0.39 is 8.07 Å². The third kappa shape index (κ3) is 4.29. The fraction of sp³-hybridized carbons (Fsp3) is 0.692. The van der Waals surface area contributed by atoms with Crippen molar-refractivity contribution < 1.29 is 10.4 Å². The van der Waals surface area contributed by atoms with Crippen LogP contribution in [0.25, 0.3) is 0 Å². The summed E-state index contributed by atoms with van der Waals surface area (Å²) < 4.78 is 0. The van der Waals surface area contributed by atoms with Gasteiger partial charge in [0, 0.05) is 0 Å². The van der Waals surface area contributed by atoms with E-state index in [1.54, 1.807) is 0 Å². The first-order valence-electron chi connectivity index (χ1n) is 6.67. The van der Waals surface area contributed by atoms with Crippen molar-refractivity contribution in [1.82, 2.24) is 0 Å². The highest BCUT2D eigenvalue weighted by atomic mass is 28.3. The molecule has 0 radical (unpaired) electrons. The van der Waals surface area contributed by atoms with Gasteiger partial charge in [-0.25, -0.2) is 0 Å². The van der Waals surface area contributed by atoms with E-state index >= 15 is 0 Å². The van der Waals surface area contributed by atoms with Crippen molar-refractivity contribution in [1.29, 1.82) is 0 Å². The summed E-state index contributed by atoms with van der Waals surface area (Å²) >= 11 is 0. The lowest BCUT2D eigenvalue weighted by Crippen LogP contribution is -2.48. The highest BCUT2D eigenvalue weighted by molar-refractivity contribution is 7.28. The summed E-state index contributed by atoms with van der Waals surface area (Å²) in [6.07, 6.45) is 5.52. The molecule has 0 saturated carbocycles. The third-order valence-corrected chi connectivity index (χ3v) is 7.30. The summed E-state index contributed by atoms with van der Waals surface area (Å²) in [6, 6.07) is 0. The lowest BCUT2D eigenvalue weighted by atomic mass is 10.3. The lowest BCUT2D eigenvalue weighted by Gasteiger charge is -2.25. The molecule has 0 bridgehead atoms. The van der Waals surface area contributed by atoms with Crippen LogP contribution in [-0.4, -0.2) is 29.2 Å². The van der Waals surface area contributed by atoms with Gasteiger partial charge >= 0.3 is 0 Å². The Labute approximate surface area is 111 Å². The molecule has 0 heterocycles. The molecule has 0 aromatic heterocycles. The van der Waals surface area contributed by atoms with Gasteiger partial charge < -0.3 is 10.4 Å². The zero-order valence-electron chi connectivity index (χ0n) is 11.8. The second kappa shape index (κ2) is 8.91. The zero-order chi connectivity index (χ0) is 14.0. The Bertz CT molecular complexity index is 290. The number of oxime groups is 2. The van der Waals surface area contributed by atoms with E-state index in [0.29, 0.717) is 0 Å². The molecule has 0 aromatic carbocycles. The highest BCUT2D eigenvalue weighted by Gasteiger charge is 2.36. The molecule has 0 atom stereocenters. The van der Waals surface area contributed by atoms with Gasteiger partial charge in [-0.3, -0.25) is 0 Å². The largest absolute Gasteiger partial charge is 0.411 e. The Balaban J connectivity index is 5.11. The molecular formula is C13H26N2O2Si. The van der Waals surface area contributed by atoms with Crippen LogP contribution in [0.5, 0.6) is 0 Å². The smallest absolute Gasteiger partial charge is 0.181 e. The molecule has 18 heavy (non-hydrogen) atoms. The normalized spacial score (nSPS) is 16.4. The van der Waals surface area contributed by atoms with E-state index in [4.69, 9.17) is 0 Å². The molecule has 0 unspecified atom stereocenters. The number of nitrogens with zero attached hydrogens (tertiary/aromatic N) is 2. The summed E-state index contributed by atoms with van der Waals surface area (Å²) in [7, 11) is -2.29. The van der Waals surface area contributed by atoms with Gasteiger partial charge in [-0.05, 0) is 25.7 Å². The predicted molar refractivity (Wildman–Crippen MR) is 79.3 cm³/mol. The molecule has 0 aliphatic heterocycles. The van der Waals surface area contributed by atoms with Crippen LogP contribution in [0.1, 0.15) is 52.4 Å². The van der Waals surface area contributed by atoms with Crippen LogP contribution in [0.15, 0.2) is 22.6 Å². The van der Waals surface area contributed by atoms with E-state index in [-0.39, 0.29) is 0 Å². The van der Waals surface area contributed by atoms with E-state index in [2.05, 4.69) is 30.7 Å². The Morgan fingerprint density at radius 3 is 1.67 bits per heavy atom. The first-order chi connectivity index (χ1) is 8.60. The van der Waals surface area contributed by atoms with Crippen molar-refractivity contribution in [3.8, 4) is 0 Å².